The van der Waals surface area contributed by atoms with E-state index in [1.807, 2.05) is 0 Å². The van der Waals surface area contributed by atoms with Crippen molar-refractivity contribution in [2.45, 2.75) is 322 Å². The molecule has 0 N–H and O–H groups in total. The van der Waals surface area contributed by atoms with Crippen LogP contribution in [-0.2, 0) is 28.6 Å². The number of rotatable bonds is 56. The number of unbranched alkanes of at least 4 members (excludes halogenated alkanes) is 35. The Labute approximate surface area is 440 Å². The standard InChI is InChI=1S/C65H116O6/c1-4-7-10-13-16-19-22-25-28-30-31-32-33-35-37-40-43-46-49-52-55-58-64(67)70-61-62(60-69-63(66)57-54-51-48-45-42-39-36-27-24-21-18-15-12-9-6-3)71-65(68)59-56-53-50-47-44-41-38-34-29-26-23-20-17-14-11-8-5-2/h8,11,17,20-21,24,26,29,38,41,62H,4-7,9-10,12-16,18-19,22-23,25,27-28,30-37,39-40,42-61H2,1-3H3/b11-8-,20-17-,24-21-,29-26-,41-38-/t62-/m1/s1. The summed E-state index contributed by atoms with van der Waals surface area (Å²) < 4.78 is 16.9. The van der Waals surface area contributed by atoms with Gasteiger partial charge in [0.05, 0.1) is 0 Å². The van der Waals surface area contributed by atoms with Crippen LogP contribution < -0.4 is 0 Å². The predicted octanol–water partition coefficient (Wildman–Crippen LogP) is 20.8. The summed E-state index contributed by atoms with van der Waals surface area (Å²) in [5.74, 6) is -0.895. The predicted molar refractivity (Wildman–Crippen MR) is 307 cm³/mol. The molecule has 0 aromatic carbocycles. The molecule has 0 aromatic rings. The lowest BCUT2D eigenvalue weighted by molar-refractivity contribution is -0.167. The molecule has 0 rings (SSSR count). The maximum atomic E-state index is 12.9. The van der Waals surface area contributed by atoms with Gasteiger partial charge in [-0.25, -0.2) is 0 Å². The second-order valence-corrected chi connectivity index (χ2v) is 20.6. The lowest BCUT2D eigenvalue weighted by Gasteiger charge is -2.18. The zero-order chi connectivity index (χ0) is 51.4. The van der Waals surface area contributed by atoms with Crippen LogP contribution in [0, 0.1) is 0 Å². The molecule has 0 radical (unpaired) electrons. The van der Waals surface area contributed by atoms with E-state index in [0.717, 1.165) is 96.3 Å². The Hall–Kier alpha value is -2.89. The van der Waals surface area contributed by atoms with E-state index in [-0.39, 0.29) is 31.1 Å². The zero-order valence-corrected chi connectivity index (χ0v) is 47.2. The largest absolute Gasteiger partial charge is 0.462 e. The van der Waals surface area contributed by atoms with Gasteiger partial charge in [-0.2, -0.15) is 0 Å². The molecule has 0 aliphatic carbocycles. The molecule has 0 bridgehead atoms. The molecule has 0 heterocycles. The molecular weight excluding hydrogens is 877 g/mol. The summed E-state index contributed by atoms with van der Waals surface area (Å²) in [4.78, 5) is 38.2. The lowest BCUT2D eigenvalue weighted by atomic mass is 10.0. The van der Waals surface area contributed by atoms with Gasteiger partial charge in [0.15, 0.2) is 6.10 Å². The first-order valence-corrected chi connectivity index (χ1v) is 30.8. The molecule has 0 aliphatic heterocycles. The maximum Gasteiger partial charge on any atom is 0.306 e. The van der Waals surface area contributed by atoms with Crippen molar-refractivity contribution in [2.75, 3.05) is 13.2 Å². The molecule has 71 heavy (non-hydrogen) atoms. The fraction of sp³-hybridized carbons (Fsp3) is 0.800. The van der Waals surface area contributed by atoms with Crippen molar-refractivity contribution in [1.29, 1.82) is 0 Å². The van der Waals surface area contributed by atoms with Gasteiger partial charge in [-0.15, -0.1) is 0 Å². The fourth-order valence-corrected chi connectivity index (χ4v) is 8.90. The van der Waals surface area contributed by atoms with Crippen molar-refractivity contribution >= 4 is 17.9 Å². The molecular formula is C65H116O6. The van der Waals surface area contributed by atoms with Gasteiger partial charge in [-0.3, -0.25) is 14.4 Å². The van der Waals surface area contributed by atoms with Gasteiger partial charge < -0.3 is 14.2 Å². The average Bonchev–Trinajstić information content (AvgIpc) is 3.37. The Morgan fingerprint density at radius 1 is 0.296 bits per heavy atom. The van der Waals surface area contributed by atoms with E-state index in [1.54, 1.807) is 0 Å². The normalized spacial score (nSPS) is 12.4. The Morgan fingerprint density at radius 2 is 0.549 bits per heavy atom. The monoisotopic (exact) mass is 993 g/mol. The smallest absolute Gasteiger partial charge is 0.306 e. The third-order valence-corrected chi connectivity index (χ3v) is 13.5. The van der Waals surface area contributed by atoms with Crippen molar-refractivity contribution in [2.24, 2.45) is 0 Å². The second kappa shape index (κ2) is 59.7. The summed E-state index contributed by atoms with van der Waals surface area (Å²) in [6.07, 6.45) is 75.1. The Kier molecular flexibility index (Phi) is 57.2. The van der Waals surface area contributed by atoms with Gasteiger partial charge in [-0.1, -0.05) is 274 Å². The van der Waals surface area contributed by atoms with Crippen molar-refractivity contribution in [3.8, 4) is 0 Å². The van der Waals surface area contributed by atoms with E-state index in [4.69, 9.17) is 14.2 Å². The van der Waals surface area contributed by atoms with Gasteiger partial charge in [0.1, 0.15) is 13.2 Å². The molecule has 0 amide bonds. The summed E-state index contributed by atoms with van der Waals surface area (Å²) in [6.45, 7) is 6.53. The van der Waals surface area contributed by atoms with Crippen LogP contribution in [0.2, 0.25) is 0 Å². The van der Waals surface area contributed by atoms with Crippen LogP contribution in [0.1, 0.15) is 316 Å². The van der Waals surface area contributed by atoms with E-state index in [0.29, 0.717) is 19.3 Å². The van der Waals surface area contributed by atoms with E-state index < -0.39 is 6.10 Å². The molecule has 6 heteroatoms. The summed E-state index contributed by atoms with van der Waals surface area (Å²) in [5.41, 5.74) is 0. The zero-order valence-electron chi connectivity index (χ0n) is 47.2. The SMILES string of the molecule is CC/C=C\C/C=C\C/C=C\C/C=C\CCCCCCC(=O)O[C@H](COC(=O)CCCCCCCCC/C=C\CCCCCC)COC(=O)CCCCCCCCCCCCCCCCCCCCCCC. The van der Waals surface area contributed by atoms with Crippen molar-refractivity contribution < 1.29 is 28.6 Å². The molecule has 1 atom stereocenters. The minimum atomic E-state index is -0.788. The number of allylic oxidation sites excluding steroid dienone is 10. The van der Waals surface area contributed by atoms with Crippen LogP contribution in [0.4, 0.5) is 0 Å². The molecule has 0 aromatic heterocycles. The molecule has 0 saturated carbocycles. The number of ether oxygens (including phenoxy) is 3. The number of carbonyl (C=O) groups excluding carboxylic acids is 3. The van der Waals surface area contributed by atoms with Crippen LogP contribution in [-0.4, -0.2) is 37.2 Å². The highest BCUT2D eigenvalue weighted by Gasteiger charge is 2.19. The van der Waals surface area contributed by atoms with Crippen LogP contribution in [0.15, 0.2) is 60.8 Å². The van der Waals surface area contributed by atoms with E-state index in [9.17, 15) is 14.4 Å². The molecule has 6 nitrogen and oxygen atoms in total. The van der Waals surface area contributed by atoms with Gasteiger partial charge in [0.2, 0.25) is 0 Å². The van der Waals surface area contributed by atoms with Gasteiger partial charge in [0.25, 0.3) is 0 Å². The average molecular weight is 994 g/mol. The van der Waals surface area contributed by atoms with E-state index in [1.165, 1.54) is 180 Å². The molecule has 0 unspecified atom stereocenters. The first-order chi connectivity index (χ1) is 35.0. The highest BCUT2D eigenvalue weighted by atomic mass is 16.6. The van der Waals surface area contributed by atoms with E-state index in [2.05, 4.69) is 81.5 Å². The Morgan fingerprint density at radius 3 is 0.887 bits per heavy atom. The lowest BCUT2D eigenvalue weighted by Crippen LogP contribution is -2.30. The van der Waals surface area contributed by atoms with Gasteiger partial charge in [-0.05, 0) is 83.5 Å². The van der Waals surface area contributed by atoms with Crippen LogP contribution >= 0.6 is 0 Å². The van der Waals surface area contributed by atoms with Crippen molar-refractivity contribution in [1.82, 2.24) is 0 Å². The highest BCUT2D eigenvalue weighted by molar-refractivity contribution is 5.71. The topological polar surface area (TPSA) is 78.9 Å². The summed E-state index contributed by atoms with van der Waals surface area (Å²) in [6, 6.07) is 0. The number of hydrogen-bond acceptors (Lipinski definition) is 6. The summed E-state index contributed by atoms with van der Waals surface area (Å²) in [5, 5.41) is 0. The van der Waals surface area contributed by atoms with Gasteiger partial charge >= 0.3 is 17.9 Å². The number of esters is 3. The van der Waals surface area contributed by atoms with Crippen molar-refractivity contribution in [3.05, 3.63) is 60.8 Å². The number of carbonyl (C=O) groups is 3. The summed E-state index contributed by atoms with van der Waals surface area (Å²) in [7, 11) is 0. The second-order valence-electron chi connectivity index (χ2n) is 20.6. The molecule has 0 aliphatic rings. The van der Waals surface area contributed by atoms with Crippen LogP contribution in [0.25, 0.3) is 0 Å². The van der Waals surface area contributed by atoms with Gasteiger partial charge in [0, 0.05) is 19.3 Å². The maximum absolute atomic E-state index is 12.9. The Balaban J connectivity index is 4.36. The first kappa shape index (κ1) is 68.1. The molecule has 412 valence electrons. The van der Waals surface area contributed by atoms with Crippen molar-refractivity contribution in [3.63, 3.8) is 0 Å². The highest BCUT2D eigenvalue weighted by Crippen LogP contribution is 2.17. The molecule has 0 spiro atoms. The van der Waals surface area contributed by atoms with E-state index >= 15 is 0 Å². The number of hydrogen-bond donors (Lipinski definition) is 0. The Bertz CT molecular complexity index is 1280. The third kappa shape index (κ3) is 57.9. The minimum absolute atomic E-state index is 0.0826. The molecule has 0 saturated heterocycles. The van der Waals surface area contributed by atoms with Crippen LogP contribution in [0.5, 0.6) is 0 Å². The quantitative estimate of drug-likeness (QED) is 0.0261. The minimum Gasteiger partial charge on any atom is -0.462 e. The third-order valence-electron chi connectivity index (χ3n) is 13.5. The first-order valence-electron chi connectivity index (χ1n) is 30.8. The summed E-state index contributed by atoms with van der Waals surface area (Å²) >= 11 is 0. The fourth-order valence-electron chi connectivity index (χ4n) is 8.90. The van der Waals surface area contributed by atoms with Crippen LogP contribution in [0.3, 0.4) is 0 Å². The molecule has 0 fully saturated rings.